The molecule has 7 nitrogen and oxygen atoms in total. The van der Waals surface area contributed by atoms with Gasteiger partial charge < -0.3 is 4.74 Å². The molecule has 35 heavy (non-hydrogen) atoms. The predicted molar refractivity (Wildman–Crippen MR) is 135 cm³/mol. The third-order valence-electron chi connectivity index (χ3n) is 5.42. The van der Waals surface area contributed by atoms with Crippen LogP contribution in [0.15, 0.2) is 89.8 Å². The fourth-order valence-corrected chi connectivity index (χ4v) is 4.67. The minimum atomic E-state index is -4.11. The highest BCUT2D eigenvalue weighted by Gasteiger charge is 2.34. The molecule has 3 aromatic rings. The van der Waals surface area contributed by atoms with Crippen LogP contribution in [0, 0.1) is 6.92 Å². The summed E-state index contributed by atoms with van der Waals surface area (Å²) in [6.45, 7) is 3.03. The highest BCUT2D eigenvalue weighted by molar-refractivity contribution is 7.89. The predicted octanol–water partition coefficient (Wildman–Crippen LogP) is 3.82. The van der Waals surface area contributed by atoms with Crippen LogP contribution in [-0.2, 0) is 30.8 Å². The van der Waals surface area contributed by atoms with Crippen molar-refractivity contribution in [3.8, 4) is 0 Å². The van der Waals surface area contributed by atoms with Crippen molar-refractivity contribution in [3.05, 3.63) is 96.1 Å². The van der Waals surface area contributed by atoms with Gasteiger partial charge in [-0.1, -0.05) is 66.2 Å². The van der Waals surface area contributed by atoms with Crippen LogP contribution in [0.1, 0.15) is 19.4 Å². The quantitative estimate of drug-likeness (QED) is 0.399. The Labute approximate surface area is 208 Å². The number of carbonyl (C=O) groups is 2. The lowest BCUT2D eigenvalue weighted by Gasteiger charge is -2.32. The van der Waals surface area contributed by atoms with Gasteiger partial charge in [-0.3, -0.25) is 9.69 Å². The molecule has 0 aliphatic carbocycles. The van der Waals surface area contributed by atoms with E-state index in [1.165, 1.54) is 17.0 Å². The summed E-state index contributed by atoms with van der Waals surface area (Å²) < 4.78 is 40.4. The van der Waals surface area contributed by atoms with Gasteiger partial charge >= 0.3 is 5.97 Å². The number of ether oxygens (including phenoxy) is 1. The number of sulfonamides is 1. The summed E-state index contributed by atoms with van der Waals surface area (Å²) in [6.07, 6.45) is 0.173. The molecule has 0 spiro atoms. The number of hydrogen-bond acceptors (Lipinski definition) is 5. The molecule has 0 radical (unpaired) electrons. The lowest BCUT2D eigenvalue weighted by molar-refractivity contribution is -0.146. The summed E-state index contributed by atoms with van der Waals surface area (Å²) >= 11 is 0. The first-order valence-electron chi connectivity index (χ1n) is 11.9. The van der Waals surface area contributed by atoms with Gasteiger partial charge in [0.1, 0.15) is 6.04 Å². The highest BCUT2D eigenvalue weighted by atomic mass is 32.2. The molecule has 1 amide bonds. The molecular weight excluding hydrogens is 464 g/mol. The van der Waals surface area contributed by atoms with E-state index in [0.29, 0.717) is 5.69 Å². The van der Waals surface area contributed by atoms with Crippen molar-refractivity contribution in [2.45, 2.75) is 31.2 Å². The first-order chi connectivity index (χ1) is 17.3. The van der Waals surface area contributed by atoms with Gasteiger partial charge in [-0.15, -0.1) is 0 Å². The number of aryl methyl sites for hydroxylation is 1. The molecule has 0 heterocycles. The van der Waals surface area contributed by atoms with Crippen molar-refractivity contribution in [3.63, 3.8) is 0 Å². The topological polar surface area (TPSA) is 84.0 Å². The van der Waals surface area contributed by atoms with E-state index >= 15 is 0 Å². The first-order valence-corrected chi connectivity index (χ1v) is 12.7. The Kier molecular flexibility index (Phi) is 8.28. The second-order valence-electron chi connectivity index (χ2n) is 7.98. The van der Waals surface area contributed by atoms with Gasteiger partial charge in [0.15, 0.2) is 0 Å². The third-order valence-corrected chi connectivity index (χ3v) is 7.09. The van der Waals surface area contributed by atoms with Crippen LogP contribution in [-0.4, -0.2) is 50.8 Å². The van der Waals surface area contributed by atoms with Crippen LogP contribution in [0.3, 0.4) is 0 Å². The Bertz CT molecular complexity index is 1250. The van der Waals surface area contributed by atoms with Gasteiger partial charge in [0.2, 0.25) is 15.9 Å². The minimum Gasteiger partial charge on any atom is -0.464 e. The van der Waals surface area contributed by atoms with Gasteiger partial charge in [-0.2, -0.15) is 4.31 Å². The molecule has 0 aliphatic heterocycles. The number of para-hydroxylation sites is 1. The maximum atomic E-state index is 13.7. The van der Waals surface area contributed by atoms with Crippen LogP contribution in [0.2, 0.25) is 0 Å². The van der Waals surface area contributed by atoms with E-state index in [-0.39, 0.29) is 17.9 Å². The van der Waals surface area contributed by atoms with Gasteiger partial charge in [-0.05, 0) is 43.7 Å². The molecule has 1 atom stereocenters. The molecule has 184 valence electrons. The summed E-state index contributed by atoms with van der Waals surface area (Å²) in [7, 11) is -4.77. The van der Waals surface area contributed by atoms with E-state index in [1.807, 2.05) is 37.3 Å². The van der Waals surface area contributed by atoms with Crippen molar-refractivity contribution in [2.75, 3.05) is 25.1 Å². The van der Waals surface area contributed by atoms with Gasteiger partial charge in [0, 0.05) is 20.5 Å². The number of nitrogens with zero attached hydrogens (tertiary/aromatic N) is 2. The van der Waals surface area contributed by atoms with Gasteiger partial charge in [0.25, 0.3) is 0 Å². The molecule has 3 aromatic carbocycles. The normalized spacial score (nSPS) is 12.6. The van der Waals surface area contributed by atoms with Gasteiger partial charge in [-0.25, -0.2) is 13.2 Å². The maximum absolute atomic E-state index is 13.7. The van der Waals surface area contributed by atoms with E-state index in [4.69, 9.17) is 6.11 Å². The lowest BCUT2D eigenvalue weighted by Crippen LogP contribution is -2.51. The summed E-state index contributed by atoms with van der Waals surface area (Å²) in [5.74, 6) is -1.24. The summed E-state index contributed by atoms with van der Waals surface area (Å²) in [5.41, 5.74) is 2.12. The lowest BCUT2D eigenvalue weighted by atomic mass is 10.0. The SMILES string of the molecule is [2H]CN(CC(=O)N(c1ccccc1)[C@@H](Cc1ccccc1)C(=O)OCC)S(=O)(=O)c1ccc(C)cc1. The Hall–Kier alpha value is -3.49. The van der Waals surface area contributed by atoms with Crippen molar-refractivity contribution in [1.29, 1.82) is 0 Å². The van der Waals surface area contributed by atoms with Crippen LogP contribution in [0.5, 0.6) is 0 Å². The number of rotatable bonds is 10. The Balaban J connectivity index is 1.99. The van der Waals surface area contributed by atoms with Crippen molar-refractivity contribution in [2.24, 2.45) is 0 Å². The Morgan fingerprint density at radius 1 is 0.943 bits per heavy atom. The summed E-state index contributed by atoms with van der Waals surface area (Å²) in [5, 5.41) is 0. The van der Waals surface area contributed by atoms with E-state index < -0.39 is 41.5 Å². The number of benzene rings is 3. The van der Waals surface area contributed by atoms with Crippen LogP contribution in [0.4, 0.5) is 5.69 Å². The number of esters is 1. The van der Waals surface area contributed by atoms with E-state index in [9.17, 15) is 18.0 Å². The Morgan fingerprint density at radius 3 is 2.11 bits per heavy atom. The van der Waals surface area contributed by atoms with Crippen LogP contribution >= 0.6 is 0 Å². The van der Waals surface area contributed by atoms with Gasteiger partial charge in [0.05, 0.1) is 18.0 Å². The standard InChI is InChI=1S/C27H30N2O5S/c1-4-34-27(31)25(19-22-11-7-5-8-12-22)29(23-13-9-6-10-14-23)26(30)20-28(3)35(32,33)24-17-15-21(2)16-18-24/h5-18,25H,4,19-20H2,1-3H3/t25-/m0/s1/i3D. The fourth-order valence-electron chi connectivity index (χ4n) is 3.61. The summed E-state index contributed by atoms with van der Waals surface area (Å²) in [4.78, 5) is 28.1. The maximum Gasteiger partial charge on any atom is 0.329 e. The molecule has 8 heteroatoms. The van der Waals surface area contributed by atoms with Crippen LogP contribution < -0.4 is 4.90 Å². The minimum absolute atomic E-state index is 0.00867. The van der Waals surface area contributed by atoms with Crippen molar-refractivity contribution >= 4 is 27.6 Å². The molecular formula is C27H30N2O5S. The molecule has 0 fully saturated rings. The largest absolute Gasteiger partial charge is 0.464 e. The molecule has 0 unspecified atom stereocenters. The van der Waals surface area contributed by atoms with Crippen molar-refractivity contribution < 1.29 is 24.1 Å². The van der Waals surface area contributed by atoms with E-state index in [2.05, 4.69) is 0 Å². The number of hydrogen-bond donors (Lipinski definition) is 0. The number of amides is 1. The van der Waals surface area contributed by atoms with E-state index in [1.54, 1.807) is 49.4 Å². The first kappa shape index (κ1) is 24.6. The fraction of sp³-hybridized carbons (Fsp3) is 0.259. The second kappa shape index (κ2) is 11.8. The average molecular weight is 496 g/mol. The number of likely N-dealkylation sites (N-methyl/N-ethyl adjacent to an activating group) is 1. The zero-order valence-corrected chi connectivity index (χ0v) is 20.6. The molecule has 0 bridgehead atoms. The molecule has 0 aliphatic rings. The molecule has 0 saturated carbocycles. The average Bonchev–Trinajstić information content (AvgIpc) is 2.88. The third kappa shape index (κ3) is 6.55. The summed E-state index contributed by atoms with van der Waals surface area (Å²) in [6, 6.07) is 23.0. The van der Waals surface area contributed by atoms with Crippen molar-refractivity contribution in [1.82, 2.24) is 4.31 Å². The smallest absolute Gasteiger partial charge is 0.329 e. The molecule has 0 saturated heterocycles. The number of anilines is 1. The molecule has 3 rings (SSSR count). The zero-order chi connectivity index (χ0) is 26.1. The number of carbonyl (C=O) groups excluding carboxylic acids is 2. The van der Waals surface area contributed by atoms with Crippen LogP contribution in [0.25, 0.3) is 0 Å². The Morgan fingerprint density at radius 2 is 1.54 bits per heavy atom. The second-order valence-corrected chi connectivity index (χ2v) is 9.92. The molecule has 0 aromatic heterocycles. The monoisotopic (exact) mass is 495 g/mol. The zero-order valence-electron chi connectivity index (χ0n) is 20.8. The highest BCUT2D eigenvalue weighted by Crippen LogP contribution is 2.22. The van der Waals surface area contributed by atoms with E-state index in [0.717, 1.165) is 15.4 Å². The molecule has 0 N–H and O–H groups in total.